The van der Waals surface area contributed by atoms with Crippen LogP contribution in [0.2, 0.25) is 0 Å². The Morgan fingerprint density at radius 3 is 2.31 bits per heavy atom. The van der Waals surface area contributed by atoms with Crippen molar-refractivity contribution in [3.05, 3.63) is 78.0 Å². The van der Waals surface area contributed by atoms with Crippen LogP contribution in [0.25, 0.3) is 6.08 Å². The van der Waals surface area contributed by atoms with Crippen LogP contribution in [0, 0.1) is 12.7 Å². The van der Waals surface area contributed by atoms with Crippen molar-refractivity contribution in [2.24, 2.45) is 0 Å². The standard InChI is InChI=1S/C18H21FN2S.C4H8F2N2.C2H6/c1-5-15-7-8-16(20-12-15)13-21(22(4)6-2)17-9-10-18(19)14(3)11-17;1-3(4(5)6)8-7-2;1-2/h5,7-12H,1,4,6,13H2,2-3H3;4,7-8H,1H2,2H3;1-2H3. The first-order valence-electron chi connectivity index (χ1n) is 10.2. The third-order valence-corrected chi connectivity index (χ3v) is 5.64. The van der Waals surface area contributed by atoms with Crippen molar-refractivity contribution in [2.45, 2.75) is 40.7 Å². The Labute approximate surface area is 193 Å². The SMILES string of the molecule is C=C(NNC)C(F)F.C=Cc1ccc(CN(c2ccc(F)c(C)c2)S(=C)CC)nc1.CC. The number of benzene rings is 1. The van der Waals surface area contributed by atoms with Crippen molar-refractivity contribution in [3.63, 3.8) is 0 Å². The Morgan fingerprint density at radius 1 is 1.25 bits per heavy atom. The molecular weight excluding hydrogens is 433 g/mol. The van der Waals surface area contributed by atoms with E-state index in [-0.39, 0.29) is 22.2 Å². The zero-order valence-electron chi connectivity index (χ0n) is 19.6. The fourth-order valence-electron chi connectivity index (χ4n) is 2.28. The Hall–Kier alpha value is -2.58. The number of nitrogens with zero attached hydrogens (tertiary/aromatic N) is 2. The van der Waals surface area contributed by atoms with Crippen LogP contribution in [0.1, 0.15) is 37.6 Å². The third-order valence-electron chi connectivity index (χ3n) is 4.01. The lowest BCUT2D eigenvalue weighted by Gasteiger charge is -2.27. The summed E-state index contributed by atoms with van der Waals surface area (Å²) in [7, 11) is 1.31. The van der Waals surface area contributed by atoms with Crippen molar-refractivity contribution >= 4 is 28.3 Å². The quantitative estimate of drug-likeness (QED) is 0.333. The van der Waals surface area contributed by atoms with E-state index in [1.165, 1.54) is 13.1 Å². The number of rotatable bonds is 9. The highest BCUT2D eigenvalue weighted by Gasteiger charge is 2.12. The van der Waals surface area contributed by atoms with Gasteiger partial charge in [0.1, 0.15) is 5.82 Å². The molecule has 32 heavy (non-hydrogen) atoms. The summed E-state index contributed by atoms with van der Waals surface area (Å²) < 4.78 is 38.5. The molecule has 0 aliphatic heterocycles. The van der Waals surface area contributed by atoms with Gasteiger partial charge in [-0.1, -0.05) is 51.9 Å². The molecule has 0 saturated heterocycles. The van der Waals surface area contributed by atoms with Crippen LogP contribution >= 0.6 is 10.7 Å². The van der Waals surface area contributed by atoms with Crippen molar-refractivity contribution in [1.82, 2.24) is 15.8 Å². The number of aromatic nitrogens is 1. The van der Waals surface area contributed by atoms with Crippen LogP contribution in [0.5, 0.6) is 0 Å². The summed E-state index contributed by atoms with van der Waals surface area (Å²) in [5, 5.41) is 0. The van der Waals surface area contributed by atoms with E-state index in [1.807, 2.05) is 38.2 Å². The Morgan fingerprint density at radius 2 is 1.91 bits per heavy atom. The van der Waals surface area contributed by atoms with Crippen LogP contribution < -0.4 is 15.2 Å². The topological polar surface area (TPSA) is 40.2 Å². The van der Waals surface area contributed by atoms with E-state index in [0.29, 0.717) is 12.1 Å². The molecule has 0 saturated carbocycles. The molecule has 1 unspecified atom stereocenters. The summed E-state index contributed by atoms with van der Waals surface area (Å²) in [4.78, 5) is 4.46. The number of halogens is 3. The van der Waals surface area contributed by atoms with E-state index in [4.69, 9.17) is 0 Å². The number of pyridine rings is 1. The molecule has 0 bridgehead atoms. The van der Waals surface area contributed by atoms with Gasteiger partial charge in [0.25, 0.3) is 6.43 Å². The average Bonchev–Trinajstić information content (AvgIpc) is 2.81. The van der Waals surface area contributed by atoms with Crippen molar-refractivity contribution < 1.29 is 13.2 Å². The largest absolute Gasteiger partial charge is 0.321 e. The predicted octanol–water partition coefficient (Wildman–Crippen LogP) is 6.33. The summed E-state index contributed by atoms with van der Waals surface area (Å²) in [6, 6.07) is 9.18. The van der Waals surface area contributed by atoms with Crippen LogP contribution in [0.3, 0.4) is 0 Å². The molecule has 1 aromatic heterocycles. The molecule has 1 atom stereocenters. The van der Waals surface area contributed by atoms with Crippen LogP contribution in [0.4, 0.5) is 18.9 Å². The highest BCUT2D eigenvalue weighted by atomic mass is 32.2. The zero-order valence-corrected chi connectivity index (χ0v) is 20.4. The fraction of sp³-hybridized carbons (Fsp3) is 0.333. The average molecular weight is 469 g/mol. The molecule has 0 fully saturated rings. The van der Waals surface area contributed by atoms with Crippen LogP contribution in [0.15, 0.2) is 55.4 Å². The molecule has 0 aliphatic carbocycles. The number of hydrogen-bond donors (Lipinski definition) is 2. The molecule has 0 aliphatic rings. The summed E-state index contributed by atoms with van der Waals surface area (Å²) in [6.07, 6.45) is 1.09. The second-order valence-corrected chi connectivity index (χ2v) is 8.15. The Bertz CT molecular complexity index is 855. The lowest BCUT2D eigenvalue weighted by Crippen LogP contribution is -2.29. The van der Waals surface area contributed by atoms with Crippen LogP contribution in [-0.2, 0) is 6.54 Å². The van der Waals surface area contributed by atoms with Gasteiger partial charge < -0.3 is 9.73 Å². The lowest BCUT2D eigenvalue weighted by molar-refractivity contribution is 0.178. The van der Waals surface area contributed by atoms with Crippen molar-refractivity contribution in [2.75, 3.05) is 17.1 Å². The maximum Gasteiger partial charge on any atom is 0.278 e. The van der Waals surface area contributed by atoms with Gasteiger partial charge in [-0.05, 0) is 42.3 Å². The number of hydrogen-bond acceptors (Lipinski definition) is 4. The van der Waals surface area contributed by atoms with E-state index in [1.54, 1.807) is 19.1 Å². The first-order valence-corrected chi connectivity index (χ1v) is 11.8. The minimum Gasteiger partial charge on any atom is -0.321 e. The summed E-state index contributed by atoms with van der Waals surface area (Å²) >= 11 is 0. The lowest BCUT2D eigenvalue weighted by atomic mass is 10.2. The zero-order chi connectivity index (χ0) is 24.7. The van der Waals surface area contributed by atoms with Gasteiger partial charge in [-0.2, -0.15) is 0 Å². The molecule has 1 aromatic carbocycles. The van der Waals surface area contributed by atoms with Gasteiger partial charge in [0.05, 0.1) is 17.9 Å². The highest BCUT2D eigenvalue weighted by molar-refractivity contribution is 8.15. The first-order chi connectivity index (χ1) is 15.2. The molecule has 0 amide bonds. The maximum absolute atomic E-state index is 13.5. The van der Waals surface area contributed by atoms with Gasteiger partial charge in [-0.25, -0.2) is 18.6 Å². The third kappa shape index (κ3) is 10.2. The van der Waals surface area contributed by atoms with Gasteiger partial charge in [0.15, 0.2) is 0 Å². The molecule has 178 valence electrons. The van der Waals surface area contributed by atoms with Crippen LogP contribution in [-0.4, -0.2) is 30.1 Å². The fourth-order valence-corrected chi connectivity index (χ4v) is 3.32. The molecule has 2 aromatic rings. The minimum atomic E-state index is -2.50. The summed E-state index contributed by atoms with van der Waals surface area (Å²) in [6.45, 7) is 15.3. The number of alkyl halides is 2. The molecule has 0 spiro atoms. The molecule has 4 nitrogen and oxygen atoms in total. The molecule has 8 heteroatoms. The Balaban J connectivity index is 0.000000814. The molecule has 1 heterocycles. The summed E-state index contributed by atoms with van der Waals surface area (Å²) in [5.74, 6) is 4.98. The molecule has 2 N–H and O–H groups in total. The number of nitrogens with one attached hydrogen (secondary N) is 2. The monoisotopic (exact) mass is 468 g/mol. The summed E-state index contributed by atoms with van der Waals surface area (Å²) in [5.41, 5.74) is 7.74. The number of hydrazine groups is 1. The molecule has 2 rings (SSSR count). The maximum atomic E-state index is 13.5. The van der Waals surface area contributed by atoms with Gasteiger partial charge in [0.2, 0.25) is 0 Å². The van der Waals surface area contributed by atoms with E-state index in [2.05, 4.69) is 46.1 Å². The number of allylic oxidation sites excluding steroid dienone is 1. The van der Waals surface area contributed by atoms with Gasteiger partial charge in [-0.3, -0.25) is 4.98 Å². The van der Waals surface area contributed by atoms with Crippen molar-refractivity contribution in [3.8, 4) is 0 Å². The van der Waals surface area contributed by atoms with Gasteiger partial charge in [0, 0.05) is 24.7 Å². The predicted molar refractivity (Wildman–Crippen MR) is 136 cm³/mol. The van der Waals surface area contributed by atoms with E-state index >= 15 is 0 Å². The first kappa shape index (κ1) is 29.4. The van der Waals surface area contributed by atoms with E-state index in [9.17, 15) is 13.2 Å². The highest BCUT2D eigenvalue weighted by Crippen LogP contribution is 2.29. The second kappa shape index (κ2) is 16.1. The molecule has 0 radical (unpaired) electrons. The Kier molecular flexibility index (Phi) is 14.8. The second-order valence-electron chi connectivity index (χ2n) is 6.21. The van der Waals surface area contributed by atoms with Gasteiger partial charge in [-0.15, -0.1) is 10.7 Å². The molecular formula is C24H35F3N4S. The van der Waals surface area contributed by atoms with E-state index in [0.717, 1.165) is 22.7 Å². The van der Waals surface area contributed by atoms with Crippen molar-refractivity contribution in [1.29, 1.82) is 0 Å². The van der Waals surface area contributed by atoms with Gasteiger partial charge >= 0.3 is 0 Å². The number of aryl methyl sites for hydroxylation is 1. The minimum absolute atomic E-state index is 0.183. The smallest absolute Gasteiger partial charge is 0.278 e. The number of anilines is 1. The van der Waals surface area contributed by atoms with E-state index < -0.39 is 6.43 Å². The normalized spacial score (nSPS) is 10.8.